The Morgan fingerprint density at radius 1 is 1.56 bits per heavy atom. The van der Waals surface area contributed by atoms with Crippen molar-refractivity contribution in [1.82, 2.24) is 5.32 Å². The quantitative estimate of drug-likeness (QED) is 0.502. The van der Waals surface area contributed by atoms with E-state index >= 15 is 0 Å². The first kappa shape index (κ1) is 5.27. The molecule has 3 unspecified atom stereocenters. The summed E-state index contributed by atoms with van der Waals surface area (Å²) in [5, 5.41) is 2.94. The number of amides is 1. The highest BCUT2D eigenvalue weighted by molar-refractivity contribution is 5.82. The van der Waals surface area contributed by atoms with Gasteiger partial charge in [0.2, 0.25) is 5.91 Å². The molecule has 0 spiro atoms. The van der Waals surface area contributed by atoms with E-state index in [0.717, 1.165) is 6.42 Å². The van der Waals surface area contributed by atoms with E-state index in [-0.39, 0.29) is 0 Å². The van der Waals surface area contributed by atoms with Crippen molar-refractivity contribution < 1.29 is 4.79 Å². The van der Waals surface area contributed by atoms with E-state index < -0.39 is 0 Å². The van der Waals surface area contributed by atoms with Gasteiger partial charge in [0.15, 0.2) is 0 Å². The Hall–Kier alpha value is -0.530. The second-order valence-corrected chi connectivity index (χ2v) is 3.26. The third kappa shape index (κ3) is 0.590. The van der Waals surface area contributed by atoms with Gasteiger partial charge in [0, 0.05) is 12.0 Å². The van der Waals surface area contributed by atoms with Crippen LogP contribution in [0.2, 0.25) is 0 Å². The van der Waals surface area contributed by atoms with Gasteiger partial charge in [-0.05, 0) is 18.8 Å². The van der Waals surface area contributed by atoms with Gasteiger partial charge in [-0.25, -0.2) is 0 Å². The summed E-state index contributed by atoms with van der Waals surface area (Å²) < 4.78 is 0. The summed E-state index contributed by atoms with van der Waals surface area (Å²) in [4.78, 5) is 10.9. The van der Waals surface area contributed by atoms with E-state index in [2.05, 4.69) is 12.2 Å². The predicted molar refractivity (Wildman–Crippen MR) is 33.8 cm³/mol. The van der Waals surface area contributed by atoms with Crippen molar-refractivity contribution in [3.63, 3.8) is 0 Å². The molecule has 0 radical (unpaired) electrons. The van der Waals surface area contributed by atoms with Gasteiger partial charge in [0.05, 0.1) is 0 Å². The van der Waals surface area contributed by atoms with Crippen LogP contribution in [0, 0.1) is 11.8 Å². The number of piperidine rings is 1. The van der Waals surface area contributed by atoms with Crippen LogP contribution < -0.4 is 5.32 Å². The molecule has 1 aliphatic heterocycles. The topological polar surface area (TPSA) is 29.1 Å². The summed E-state index contributed by atoms with van der Waals surface area (Å²) in [5.74, 6) is 1.29. The van der Waals surface area contributed by atoms with Crippen molar-refractivity contribution in [2.75, 3.05) is 0 Å². The third-order valence-electron chi connectivity index (χ3n) is 2.56. The molecule has 1 amide bonds. The molecule has 3 atom stereocenters. The predicted octanol–water partition coefficient (Wildman–Crippen LogP) is 0.531. The van der Waals surface area contributed by atoms with Gasteiger partial charge in [0.25, 0.3) is 0 Å². The fourth-order valence-corrected chi connectivity index (χ4v) is 2.04. The second-order valence-electron chi connectivity index (χ2n) is 3.26. The monoisotopic (exact) mass is 125 g/mol. The maximum absolute atomic E-state index is 10.9. The van der Waals surface area contributed by atoms with Crippen LogP contribution in [0.15, 0.2) is 0 Å². The number of carbonyl (C=O) groups is 1. The van der Waals surface area contributed by atoms with E-state index in [4.69, 9.17) is 0 Å². The Bertz CT molecular complexity index is 155. The van der Waals surface area contributed by atoms with Crippen molar-refractivity contribution in [3.05, 3.63) is 0 Å². The minimum Gasteiger partial charge on any atom is -0.353 e. The molecule has 9 heavy (non-hydrogen) atoms. The van der Waals surface area contributed by atoms with Crippen LogP contribution in [0.25, 0.3) is 0 Å². The highest BCUT2D eigenvalue weighted by Crippen LogP contribution is 2.36. The first-order valence-electron chi connectivity index (χ1n) is 3.58. The summed E-state index contributed by atoms with van der Waals surface area (Å²) >= 11 is 0. The zero-order valence-corrected chi connectivity index (χ0v) is 5.55. The van der Waals surface area contributed by atoms with Crippen LogP contribution in [-0.2, 0) is 4.79 Å². The molecule has 1 saturated carbocycles. The second kappa shape index (κ2) is 1.49. The van der Waals surface area contributed by atoms with Crippen molar-refractivity contribution in [3.8, 4) is 0 Å². The van der Waals surface area contributed by atoms with Crippen LogP contribution in [0.3, 0.4) is 0 Å². The number of nitrogens with one attached hydrogen (secondary N) is 1. The summed E-state index contributed by atoms with van der Waals surface area (Å²) in [5.41, 5.74) is 0. The lowest BCUT2D eigenvalue weighted by molar-refractivity contribution is -0.124. The third-order valence-corrected chi connectivity index (χ3v) is 2.56. The molecule has 1 heterocycles. The van der Waals surface area contributed by atoms with Crippen molar-refractivity contribution in [2.45, 2.75) is 25.8 Å². The van der Waals surface area contributed by atoms with Crippen molar-refractivity contribution in [2.24, 2.45) is 11.8 Å². The smallest absolute Gasteiger partial charge is 0.223 e. The van der Waals surface area contributed by atoms with Gasteiger partial charge in [-0.15, -0.1) is 0 Å². The molecule has 1 aliphatic carbocycles. The van der Waals surface area contributed by atoms with E-state index in [0.29, 0.717) is 23.8 Å². The van der Waals surface area contributed by atoms with Crippen LogP contribution in [0.1, 0.15) is 19.8 Å². The van der Waals surface area contributed by atoms with Crippen LogP contribution in [0.5, 0.6) is 0 Å². The first-order valence-corrected chi connectivity index (χ1v) is 3.58. The van der Waals surface area contributed by atoms with E-state index in [1.54, 1.807) is 0 Å². The summed E-state index contributed by atoms with van der Waals surface area (Å²) in [6, 6.07) is 0.525. The first-order chi connectivity index (χ1) is 4.27. The molecule has 2 aliphatic rings. The van der Waals surface area contributed by atoms with E-state index in [9.17, 15) is 4.79 Å². The van der Waals surface area contributed by atoms with Gasteiger partial charge in [-0.1, -0.05) is 6.92 Å². The van der Waals surface area contributed by atoms with Crippen molar-refractivity contribution >= 4 is 5.91 Å². The van der Waals surface area contributed by atoms with Gasteiger partial charge in [0.1, 0.15) is 0 Å². The molecular formula is C7H11NO. The number of hydrogen-bond donors (Lipinski definition) is 1. The normalized spacial score (nSPS) is 47.7. The standard InChI is InChI=1S/C7H11NO/c1-4-2-5-3-6(4)7(9)8-5/h4-6H,2-3H2,1H3,(H,8,9). The Morgan fingerprint density at radius 2 is 2.33 bits per heavy atom. The highest BCUT2D eigenvalue weighted by atomic mass is 16.2. The largest absolute Gasteiger partial charge is 0.353 e. The molecule has 0 aromatic rings. The van der Waals surface area contributed by atoms with Gasteiger partial charge >= 0.3 is 0 Å². The Morgan fingerprint density at radius 3 is 2.67 bits per heavy atom. The molecule has 2 nitrogen and oxygen atoms in total. The molecule has 0 aromatic heterocycles. The van der Waals surface area contributed by atoms with Gasteiger partial charge in [-0.3, -0.25) is 4.79 Å². The Labute approximate surface area is 54.6 Å². The molecule has 2 rings (SSSR count). The molecule has 2 heteroatoms. The maximum atomic E-state index is 10.9. The number of carbonyl (C=O) groups excluding carboxylic acids is 1. The van der Waals surface area contributed by atoms with E-state index in [1.165, 1.54) is 6.42 Å². The average Bonchev–Trinajstić information content (AvgIpc) is 2.22. The lowest BCUT2D eigenvalue weighted by Gasteiger charge is -2.16. The Kier molecular flexibility index (Phi) is 0.875. The maximum Gasteiger partial charge on any atom is 0.223 e. The molecule has 50 valence electrons. The molecular weight excluding hydrogens is 114 g/mol. The molecule has 1 N–H and O–H groups in total. The zero-order valence-electron chi connectivity index (χ0n) is 5.55. The zero-order chi connectivity index (χ0) is 6.43. The summed E-state index contributed by atoms with van der Waals surface area (Å²) in [6.07, 6.45) is 2.30. The molecule has 2 fully saturated rings. The SMILES string of the molecule is CC1CC2CC1C(=O)N2. The van der Waals surface area contributed by atoms with Crippen LogP contribution in [-0.4, -0.2) is 11.9 Å². The highest BCUT2D eigenvalue weighted by Gasteiger charge is 2.42. The van der Waals surface area contributed by atoms with Gasteiger partial charge < -0.3 is 5.32 Å². The lowest BCUT2D eigenvalue weighted by Crippen LogP contribution is -2.34. The van der Waals surface area contributed by atoms with Crippen LogP contribution in [0.4, 0.5) is 0 Å². The summed E-state index contributed by atoms with van der Waals surface area (Å²) in [7, 11) is 0. The fraction of sp³-hybridized carbons (Fsp3) is 0.857. The summed E-state index contributed by atoms with van der Waals surface area (Å²) in [6.45, 7) is 2.17. The van der Waals surface area contributed by atoms with Gasteiger partial charge in [-0.2, -0.15) is 0 Å². The minimum absolute atomic E-state index is 0.291. The number of rotatable bonds is 0. The average molecular weight is 125 g/mol. The molecule has 1 saturated heterocycles. The Balaban J connectivity index is 2.21. The van der Waals surface area contributed by atoms with Crippen LogP contribution >= 0.6 is 0 Å². The minimum atomic E-state index is 0.291. The van der Waals surface area contributed by atoms with Crippen molar-refractivity contribution in [1.29, 1.82) is 0 Å². The fourth-order valence-electron chi connectivity index (χ4n) is 2.04. The lowest BCUT2D eigenvalue weighted by atomic mass is 9.97. The molecule has 2 bridgehead atoms. The number of fused-ring (bicyclic) bond motifs is 2. The molecule has 0 aromatic carbocycles. The van der Waals surface area contributed by atoms with E-state index in [1.807, 2.05) is 0 Å². The number of hydrogen-bond acceptors (Lipinski definition) is 1.